The zero-order valence-corrected chi connectivity index (χ0v) is 11.3. The second-order valence-electron chi connectivity index (χ2n) is 4.69. The number of pyridine rings is 1. The van der Waals surface area contributed by atoms with E-state index in [1.165, 1.54) is 5.56 Å². The first-order valence-electron chi connectivity index (χ1n) is 6.67. The number of hydrogen-bond acceptors (Lipinski definition) is 3. The van der Waals surface area contributed by atoms with Crippen LogP contribution in [0.4, 0.5) is 5.69 Å². The molecule has 1 aromatic heterocycles. The van der Waals surface area contributed by atoms with Gasteiger partial charge in [0, 0.05) is 17.3 Å². The van der Waals surface area contributed by atoms with Gasteiger partial charge in [0.15, 0.2) is 0 Å². The normalized spacial score (nSPS) is 10.7. The van der Waals surface area contributed by atoms with Gasteiger partial charge in [0.25, 0.3) is 0 Å². The molecule has 0 spiro atoms. The van der Waals surface area contributed by atoms with E-state index in [4.69, 9.17) is 10.5 Å². The third-order valence-corrected chi connectivity index (χ3v) is 3.29. The minimum atomic E-state index is 0.703. The van der Waals surface area contributed by atoms with Crippen molar-refractivity contribution in [1.29, 1.82) is 0 Å². The van der Waals surface area contributed by atoms with Gasteiger partial charge in [-0.1, -0.05) is 19.1 Å². The van der Waals surface area contributed by atoms with Crippen molar-refractivity contribution < 1.29 is 4.74 Å². The number of nitrogens with two attached hydrogens (primary N) is 1. The fourth-order valence-corrected chi connectivity index (χ4v) is 2.15. The zero-order chi connectivity index (χ0) is 13.9. The summed E-state index contributed by atoms with van der Waals surface area (Å²) in [6.45, 7) is 2.14. The van der Waals surface area contributed by atoms with Crippen LogP contribution in [0, 0.1) is 0 Å². The number of nitrogen functional groups attached to an aromatic ring is 1. The third-order valence-electron chi connectivity index (χ3n) is 3.29. The smallest absolute Gasteiger partial charge is 0.138 e. The van der Waals surface area contributed by atoms with E-state index >= 15 is 0 Å². The van der Waals surface area contributed by atoms with E-state index in [2.05, 4.69) is 24.0 Å². The summed E-state index contributed by atoms with van der Waals surface area (Å²) >= 11 is 0. The maximum Gasteiger partial charge on any atom is 0.138 e. The predicted octanol–water partition coefficient (Wildman–Crippen LogP) is 4.17. The van der Waals surface area contributed by atoms with E-state index in [0.29, 0.717) is 5.69 Å². The van der Waals surface area contributed by atoms with Crippen LogP contribution in [0.25, 0.3) is 10.9 Å². The van der Waals surface area contributed by atoms with Crippen LogP contribution in [0.3, 0.4) is 0 Å². The molecular formula is C17H16N2O. The molecule has 100 valence electrons. The number of aryl methyl sites for hydroxylation is 1. The van der Waals surface area contributed by atoms with E-state index in [9.17, 15) is 0 Å². The topological polar surface area (TPSA) is 48.1 Å². The predicted molar refractivity (Wildman–Crippen MR) is 82.0 cm³/mol. The number of fused-ring (bicyclic) bond motifs is 1. The third kappa shape index (κ3) is 2.43. The van der Waals surface area contributed by atoms with Crippen molar-refractivity contribution >= 4 is 16.6 Å². The minimum Gasteiger partial charge on any atom is -0.457 e. The van der Waals surface area contributed by atoms with E-state index in [0.717, 1.165) is 28.8 Å². The maximum atomic E-state index is 5.95. The molecule has 0 aliphatic heterocycles. The van der Waals surface area contributed by atoms with Crippen molar-refractivity contribution in [2.75, 3.05) is 5.73 Å². The summed E-state index contributed by atoms with van der Waals surface area (Å²) in [7, 11) is 0. The Morgan fingerprint density at radius 1 is 1.05 bits per heavy atom. The first-order chi connectivity index (χ1) is 9.76. The first kappa shape index (κ1) is 12.5. The number of ether oxygens (including phenoxy) is 1. The van der Waals surface area contributed by atoms with Gasteiger partial charge in [0.2, 0.25) is 0 Å². The Bertz CT molecular complexity index is 736. The highest BCUT2D eigenvalue weighted by Gasteiger charge is 2.04. The molecule has 3 heteroatoms. The highest BCUT2D eigenvalue weighted by Crippen LogP contribution is 2.29. The molecule has 0 atom stereocenters. The number of aromatic nitrogens is 1. The van der Waals surface area contributed by atoms with Crippen LogP contribution in [0.15, 0.2) is 54.7 Å². The Labute approximate surface area is 118 Å². The Hall–Kier alpha value is -2.55. The Balaban J connectivity index is 1.97. The molecule has 1 heterocycles. The fourth-order valence-electron chi connectivity index (χ4n) is 2.15. The molecule has 0 aliphatic rings. The molecule has 2 aromatic carbocycles. The molecule has 3 nitrogen and oxygen atoms in total. The second-order valence-corrected chi connectivity index (χ2v) is 4.69. The molecule has 0 amide bonds. The van der Waals surface area contributed by atoms with E-state index in [1.54, 1.807) is 6.20 Å². The summed E-state index contributed by atoms with van der Waals surface area (Å²) < 4.78 is 5.95. The summed E-state index contributed by atoms with van der Waals surface area (Å²) in [6.07, 6.45) is 2.76. The van der Waals surface area contributed by atoms with Crippen molar-refractivity contribution in [2.45, 2.75) is 13.3 Å². The summed E-state index contributed by atoms with van der Waals surface area (Å²) in [4.78, 5) is 4.31. The SMILES string of the molecule is CCc1ccc(Oc2ccnc3cc(N)ccc23)cc1. The van der Waals surface area contributed by atoms with Gasteiger partial charge in [-0.2, -0.15) is 0 Å². The highest BCUT2D eigenvalue weighted by atomic mass is 16.5. The average molecular weight is 264 g/mol. The van der Waals surface area contributed by atoms with Crippen LogP contribution >= 0.6 is 0 Å². The summed E-state index contributed by atoms with van der Waals surface area (Å²) in [5.74, 6) is 1.62. The average Bonchev–Trinajstić information content (AvgIpc) is 2.48. The van der Waals surface area contributed by atoms with Crippen LogP contribution in [0.2, 0.25) is 0 Å². The maximum absolute atomic E-state index is 5.95. The van der Waals surface area contributed by atoms with E-state index in [1.807, 2.05) is 36.4 Å². The van der Waals surface area contributed by atoms with Crippen LogP contribution in [-0.4, -0.2) is 4.98 Å². The minimum absolute atomic E-state index is 0.703. The van der Waals surface area contributed by atoms with Crippen molar-refractivity contribution in [3.05, 3.63) is 60.3 Å². The Morgan fingerprint density at radius 2 is 1.85 bits per heavy atom. The number of nitrogens with zero attached hydrogens (tertiary/aromatic N) is 1. The summed E-state index contributed by atoms with van der Waals surface area (Å²) in [5, 5.41) is 0.960. The van der Waals surface area contributed by atoms with Crippen molar-refractivity contribution in [3.8, 4) is 11.5 Å². The molecule has 0 bridgehead atoms. The molecule has 0 radical (unpaired) electrons. The first-order valence-corrected chi connectivity index (χ1v) is 6.67. The van der Waals surface area contributed by atoms with Gasteiger partial charge in [-0.15, -0.1) is 0 Å². The quantitative estimate of drug-likeness (QED) is 0.722. The molecule has 0 saturated heterocycles. The number of hydrogen-bond donors (Lipinski definition) is 1. The molecule has 0 aliphatic carbocycles. The van der Waals surface area contributed by atoms with Crippen LogP contribution in [-0.2, 0) is 6.42 Å². The molecule has 2 N–H and O–H groups in total. The lowest BCUT2D eigenvalue weighted by molar-refractivity contribution is 0.487. The molecule has 20 heavy (non-hydrogen) atoms. The van der Waals surface area contributed by atoms with Crippen molar-refractivity contribution in [3.63, 3.8) is 0 Å². The lowest BCUT2D eigenvalue weighted by Gasteiger charge is -2.09. The molecule has 3 rings (SSSR count). The van der Waals surface area contributed by atoms with Crippen LogP contribution < -0.4 is 10.5 Å². The molecule has 0 unspecified atom stereocenters. The lowest BCUT2D eigenvalue weighted by atomic mass is 10.1. The lowest BCUT2D eigenvalue weighted by Crippen LogP contribution is -1.90. The number of benzene rings is 2. The van der Waals surface area contributed by atoms with Gasteiger partial charge >= 0.3 is 0 Å². The van der Waals surface area contributed by atoms with Crippen LogP contribution in [0.1, 0.15) is 12.5 Å². The van der Waals surface area contributed by atoms with Gasteiger partial charge < -0.3 is 10.5 Å². The van der Waals surface area contributed by atoms with Gasteiger partial charge in [0.05, 0.1) is 5.52 Å². The second kappa shape index (κ2) is 5.21. The van der Waals surface area contributed by atoms with Crippen molar-refractivity contribution in [2.24, 2.45) is 0 Å². The Morgan fingerprint density at radius 3 is 2.60 bits per heavy atom. The standard InChI is InChI=1S/C17H16N2O/c1-2-12-3-6-14(7-4-12)20-17-9-10-19-16-11-13(18)5-8-15(16)17/h3-11H,2,18H2,1H3. The van der Waals surface area contributed by atoms with Gasteiger partial charge in [-0.3, -0.25) is 4.98 Å². The molecular weight excluding hydrogens is 248 g/mol. The van der Waals surface area contributed by atoms with Crippen molar-refractivity contribution in [1.82, 2.24) is 4.98 Å². The monoisotopic (exact) mass is 264 g/mol. The fraction of sp³-hybridized carbons (Fsp3) is 0.118. The highest BCUT2D eigenvalue weighted by molar-refractivity contribution is 5.87. The number of anilines is 1. The summed E-state index contributed by atoms with van der Waals surface area (Å²) in [5.41, 5.74) is 8.62. The molecule has 0 fully saturated rings. The van der Waals surface area contributed by atoms with E-state index in [-0.39, 0.29) is 0 Å². The number of rotatable bonds is 3. The molecule has 0 saturated carbocycles. The van der Waals surface area contributed by atoms with Gasteiger partial charge in [-0.25, -0.2) is 0 Å². The van der Waals surface area contributed by atoms with Crippen LogP contribution in [0.5, 0.6) is 11.5 Å². The molecule has 3 aromatic rings. The van der Waals surface area contributed by atoms with Gasteiger partial charge in [-0.05, 0) is 48.4 Å². The van der Waals surface area contributed by atoms with E-state index < -0.39 is 0 Å². The largest absolute Gasteiger partial charge is 0.457 e. The Kier molecular flexibility index (Phi) is 3.25. The zero-order valence-electron chi connectivity index (χ0n) is 11.3. The summed E-state index contributed by atoms with van der Waals surface area (Å²) in [6, 6.07) is 15.7. The van der Waals surface area contributed by atoms with Gasteiger partial charge in [0.1, 0.15) is 11.5 Å².